The zero-order valence-electron chi connectivity index (χ0n) is 21.1. The van der Waals surface area contributed by atoms with Crippen LogP contribution >= 0.6 is 0 Å². The van der Waals surface area contributed by atoms with E-state index in [1.807, 2.05) is 30.3 Å². The lowest BCUT2D eigenvalue weighted by Crippen LogP contribution is -2.56. The number of hydrogen-bond acceptors (Lipinski definition) is 7. The highest BCUT2D eigenvalue weighted by Crippen LogP contribution is 2.19. The number of nitrogens with zero attached hydrogens (tertiary/aromatic N) is 1. The van der Waals surface area contributed by atoms with E-state index in [4.69, 9.17) is 9.84 Å². The Kier molecular flexibility index (Phi) is 11.1. The molecule has 11 heteroatoms. The first-order valence-corrected chi connectivity index (χ1v) is 12.5. The Morgan fingerprint density at radius 2 is 1.74 bits per heavy atom. The average Bonchev–Trinajstić information content (AvgIpc) is 3.39. The molecule has 204 valence electrons. The summed E-state index contributed by atoms with van der Waals surface area (Å²) >= 11 is 0. The molecule has 5 N–H and O–H groups in total. The molecular formula is C27H34N4O7. The Hall–Kier alpha value is -3.96. The molecule has 0 bridgehead atoms. The molecule has 38 heavy (non-hydrogen) atoms. The van der Waals surface area contributed by atoms with Gasteiger partial charge in [0.05, 0.1) is 26.3 Å². The molecule has 11 nitrogen and oxygen atoms in total. The van der Waals surface area contributed by atoms with Crippen molar-refractivity contribution in [2.75, 3.05) is 32.8 Å². The van der Waals surface area contributed by atoms with Crippen LogP contribution < -0.4 is 16.0 Å². The number of amides is 3. The van der Waals surface area contributed by atoms with Crippen molar-refractivity contribution >= 4 is 23.7 Å². The number of rotatable bonds is 14. The van der Waals surface area contributed by atoms with Gasteiger partial charge in [-0.2, -0.15) is 0 Å². The monoisotopic (exact) mass is 526 g/mol. The molecule has 0 spiro atoms. The summed E-state index contributed by atoms with van der Waals surface area (Å²) in [5, 5.41) is 26.1. The minimum Gasteiger partial charge on any atom is -0.508 e. The fourth-order valence-electron chi connectivity index (χ4n) is 4.19. The number of likely N-dealkylation sites (tertiary alicyclic amines) is 1. The molecule has 0 unspecified atom stereocenters. The number of aromatic hydroxyl groups is 1. The highest BCUT2D eigenvalue weighted by Gasteiger charge is 2.37. The quantitative estimate of drug-likeness (QED) is 0.237. The summed E-state index contributed by atoms with van der Waals surface area (Å²) in [6.07, 6.45) is 1.72. The normalized spacial score (nSPS) is 15.6. The molecule has 0 aromatic heterocycles. The molecule has 1 aliphatic heterocycles. The van der Waals surface area contributed by atoms with Crippen molar-refractivity contribution in [2.45, 2.75) is 38.0 Å². The second-order valence-electron chi connectivity index (χ2n) is 9.02. The third kappa shape index (κ3) is 9.16. The van der Waals surface area contributed by atoms with Crippen LogP contribution in [0.25, 0.3) is 0 Å². The van der Waals surface area contributed by atoms with E-state index in [9.17, 15) is 24.3 Å². The van der Waals surface area contributed by atoms with Crippen LogP contribution in [0, 0.1) is 0 Å². The van der Waals surface area contributed by atoms with Gasteiger partial charge in [0.25, 0.3) is 0 Å². The van der Waals surface area contributed by atoms with Crippen LogP contribution in [0.3, 0.4) is 0 Å². The van der Waals surface area contributed by atoms with Crippen LogP contribution in [0.15, 0.2) is 54.6 Å². The largest absolute Gasteiger partial charge is 0.508 e. The molecule has 2 atom stereocenters. The van der Waals surface area contributed by atoms with Crippen LogP contribution in [-0.4, -0.2) is 83.7 Å². The molecule has 0 radical (unpaired) electrons. The Balaban J connectivity index is 1.58. The molecule has 2 aromatic carbocycles. The number of phenols is 1. The molecule has 3 amide bonds. The fraction of sp³-hybridized carbons (Fsp3) is 0.407. The van der Waals surface area contributed by atoms with Crippen molar-refractivity contribution in [3.63, 3.8) is 0 Å². The van der Waals surface area contributed by atoms with Gasteiger partial charge in [0.1, 0.15) is 17.8 Å². The lowest BCUT2D eigenvalue weighted by atomic mass is 10.1. The number of nitrogens with one attached hydrogen (secondary N) is 3. The van der Waals surface area contributed by atoms with E-state index < -0.39 is 36.4 Å². The minimum atomic E-state index is -1.10. The summed E-state index contributed by atoms with van der Waals surface area (Å²) in [4.78, 5) is 51.0. The van der Waals surface area contributed by atoms with Gasteiger partial charge < -0.3 is 30.5 Å². The van der Waals surface area contributed by atoms with Crippen molar-refractivity contribution in [3.8, 4) is 5.75 Å². The number of phenolic OH excluding ortho intramolecular Hbond substituents is 1. The maximum atomic E-state index is 13.5. The van der Waals surface area contributed by atoms with Gasteiger partial charge >= 0.3 is 5.97 Å². The van der Waals surface area contributed by atoms with Crippen LogP contribution in [-0.2, 0) is 36.9 Å². The summed E-state index contributed by atoms with van der Waals surface area (Å²) in [6, 6.07) is 14.4. The molecule has 0 aliphatic carbocycles. The second kappa shape index (κ2) is 14.7. The predicted octanol–water partition coefficient (Wildman–Crippen LogP) is 0.418. The third-order valence-electron chi connectivity index (χ3n) is 6.08. The molecule has 1 saturated heterocycles. The van der Waals surface area contributed by atoms with Gasteiger partial charge in [-0.3, -0.25) is 24.5 Å². The first-order chi connectivity index (χ1) is 18.3. The average molecular weight is 527 g/mol. The number of benzene rings is 2. The number of carboxylic acid groups (broad SMARTS) is 1. The number of ether oxygens (including phenoxy) is 1. The van der Waals surface area contributed by atoms with Crippen molar-refractivity contribution in [1.29, 1.82) is 0 Å². The van der Waals surface area contributed by atoms with Gasteiger partial charge in [-0.15, -0.1) is 0 Å². The topological polar surface area (TPSA) is 157 Å². The molecule has 1 aliphatic rings. The molecule has 2 aromatic rings. The van der Waals surface area contributed by atoms with Crippen LogP contribution in [0.4, 0.5) is 0 Å². The number of aliphatic carboxylic acids is 1. The van der Waals surface area contributed by atoms with Gasteiger partial charge in [-0.1, -0.05) is 42.5 Å². The summed E-state index contributed by atoms with van der Waals surface area (Å²) in [6.45, 7) is 0.197. The SMILES string of the molecule is O=C(O)CNCC(=O)N[C@@H](COCc1ccccc1)C(=O)N1CCC[C@H]1C(=O)NCCc1ccc(O)cc1. The van der Waals surface area contributed by atoms with Crippen molar-refractivity contribution in [2.24, 2.45) is 0 Å². The smallest absolute Gasteiger partial charge is 0.317 e. The van der Waals surface area contributed by atoms with E-state index in [-0.39, 0.29) is 31.4 Å². The van der Waals surface area contributed by atoms with E-state index in [0.29, 0.717) is 32.4 Å². The third-order valence-corrected chi connectivity index (χ3v) is 6.08. The summed E-state index contributed by atoms with van der Waals surface area (Å²) in [5.41, 5.74) is 1.86. The number of carbonyl (C=O) groups excluding carboxylic acids is 3. The van der Waals surface area contributed by atoms with Crippen LogP contribution in [0.2, 0.25) is 0 Å². The maximum Gasteiger partial charge on any atom is 0.317 e. The number of hydrogen-bond donors (Lipinski definition) is 5. The fourth-order valence-corrected chi connectivity index (χ4v) is 4.19. The van der Waals surface area contributed by atoms with E-state index in [2.05, 4.69) is 16.0 Å². The Morgan fingerprint density at radius 1 is 1.00 bits per heavy atom. The van der Waals surface area contributed by atoms with E-state index in [0.717, 1.165) is 11.1 Å². The van der Waals surface area contributed by atoms with E-state index in [1.54, 1.807) is 24.3 Å². The lowest BCUT2D eigenvalue weighted by Gasteiger charge is -2.28. The summed E-state index contributed by atoms with van der Waals surface area (Å²) in [5.74, 6) is -2.19. The maximum absolute atomic E-state index is 13.5. The lowest BCUT2D eigenvalue weighted by molar-refractivity contribution is -0.143. The summed E-state index contributed by atoms with van der Waals surface area (Å²) in [7, 11) is 0. The first-order valence-electron chi connectivity index (χ1n) is 12.5. The van der Waals surface area contributed by atoms with E-state index >= 15 is 0 Å². The highest BCUT2D eigenvalue weighted by atomic mass is 16.5. The molecule has 1 fully saturated rings. The van der Waals surface area contributed by atoms with Gasteiger partial charge in [0, 0.05) is 13.1 Å². The van der Waals surface area contributed by atoms with Gasteiger partial charge in [-0.05, 0) is 42.5 Å². The van der Waals surface area contributed by atoms with Crippen molar-refractivity contribution in [1.82, 2.24) is 20.9 Å². The molecular weight excluding hydrogens is 492 g/mol. The highest BCUT2D eigenvalue weighted by molar-refractivity contribution is 5.93. The van der Waals surface area contributed by atoms with Crippen molar-refractivity contribution < 1.29 is 34.1 Å². The Morgan fingerprint density at radius 3 is 2.45 bits per heavy atom. The van der Waals surface area contributed by atoms with Crippen LogP contribution in [0.1, 0.15) is 24.0 Å². The van der Waals surface area contributed by atoms with Crippen LogP contribution in [0.5, 0.6) is 5.75 Å². The standard InChI is InChI=1S/C27H34N4O7/c32-21-10-8-19(9-11-21)12-13-29-26(36)23-7-4-14-31(23)27(37)22(30-24(33)15-28-16-25(34)35)18-38-17-20-5-2-1-3-6-20/h1-3,5-6,8-11,22-23,28,32H,4,7,12-18H2,(H,29,36)(H,30,33)(H,34,35)/t22-,23-/m0/s1. The second-order valence-corrected chi connectivity index (χ2v) is 9.02. The summed E-state index contributed by atoms with van der Waals surface area (Å²) < 4.78 is 5.73. The molecule has 3 rings (SSSR count). The van der Waals surface area contributed by atoms with E-state index in [1.165, 1.54) is 4.90 Å². The van der Waals surface area contributed by atoms with Crippen molar-refractivity contribution in [3.05, 3.63) is 65.7 Å². The zero-order chi connectivity index (χ0) is 27.3. The zero-order valence-corrected chi connectivity index (χ0v) is 21.1. The Bertz CT molecular complexity index is 1080. The molecule has 1 heterocycles. The molecule has 0 saturated carbocycles. The Labute approximate surface area is 221 Å². The van der Waals surface area contributed by atoms with Gasteiger partial charge in [-0.25, -0.2) is 0 Å². The predicted molar refractivity (Wildman–Crippen MR) is 138 cm³/mol. The van der Waals surface area contributed by atoms with Gasteiger partial charge in [0.15, 0.2) is 0 Å². The minimum absolute atomic E-state index is 0.107. The number of carbonyl (C=O) groups is 4. The number of carboxylic acids is 1. The van der Waals surface area contributed by atoms with Gasteiger partial charge in [0.2, 0.25) is 17.7 Å². The first kappa shape index (κ1) is 28.6.